The standard InChI is InChI=1S/C52H36N2/c1-2-18-37(19-3-1)41-24-6-7-26-43(41)44-27-8-9-28-45(44)46-29-10-13-32-50(46)53(49-35-16-21-38-20-4-5-25-42(38)49)39-22-17-23-40(36-39)54-51-33-14-11-30-47(51)48-31-12-15-34-52(48)54/h1-36H. The Balaban J connectivity index is 1.22. The summed E-state index contributed by atoms with van der Waals surface area (Å²) < 4.78 is 2.40. The molecular formula is C52H36N2. The maximum atomic E-state index is 2.45. The van der Waals surface area contributed by atoms with Crippen LogP contribution in [0.25, 0.3) is 71.6 Å². The first-order chi connectivity index (χ1) is 26.8. The summed E-state index contributed by atoms with van der Waals surface area (Å²) in [5.74, 6) is 0. The molecule has 0 radical (unpaired) electrons. The van der Waals surface area contributed by atoms with Crippen molar-refractivity contribution in [2.75, 3.05) is 4.90 Å². The van der Waals surface area contributed by atoms with E-state index in [-0.39, 0.29) is 0 Å². The number of aromatic nitrogens is 1. The second-order valence-corrected chi connectivity index (χ2v) is 13.7. The van der Waals surface area contributed by atoms with Crippen LogP contribution in [0, 0.1) is 0 Å². The van der Waals surface area contributed by atoms with Gasteiger partial charge in [-0.25, -0.2) is 0 Å². The smallest absolute Gasteiger partial charge is 0.0541 e. The van der Waals surface area contributed by atoms with Gasteiger partial charge in [0.2, 0.25) is 0 Å². The molecule has 0 saturated heterocycles. The van der Waals surface area contributed by atoms with E-state index in [2.05, 4.69) is 228 Å². The lowest BCUT2D eigenvalue weighted by molar-refractivity contribution is 1.17. The number of rotatable bonds is 7. The summed E-state index contributed by atoms with van der Waals surface area (Å²) in [7, 11) is 0. The molecule has 0 N–H and O–H groups in total. The van der Waals surface area contributed by atoms with E-state index in [0.717, 1.165) is 28.3 Å². The monoisotopic (exact) mass is 688 g/mol. The summed E-state index contributed by atoms with van der Waals surface area (Å²) >= 11 is 0. The normalized spacial score (nSPS) is 11.3. The van der Waals surface area contributed by atoms with E-state index in [0.29, 0.717) is 0 Å². The van der Waals surface area contributed by atoms with E-state index < -0.39 is 0 Å². The van der Waals surface area contributed by atoms with Crippen LogP contribution in [0.4, 0.5) is 17.1 Å². The number of hydrogen-bond donors (Lipinski definition) is 0. The van der Waals surface area contributed by atoms with E-state index in [1.807, 2.05) is 0 Å². The third-order valence-corrected chi connectivity index (χ3v) is 10.6. The van der Waals surface area contributed by atoms with Gasteiger partial charge in [-0.2, -0.15) is 0 Å². The summed E-state index contributed by atoms with van der Waals surface area (Å²) in [6, 6.07) is 78.9. The van der Waals surface area contributed by atoms with Gasteiger partial charge < -0.3 is 9.47 Å². The molecule has 0 aliphatic heterocycles. The molecular weight excluding hydrogens is 653 g/mol. The molecule has 0 atom stereocenters. The van der Waals surface area contributed by atoms with Crippen molar-refractivity contribution in [1.29, 1.82) is 0 Å². The van der Waals surface area contributed by atoms with Crippen molar-refractivity contribution in [2.45, 2.75) is 0 Å². The predicted octanol–water partition coefficient (Wildman–Crippen LogP) is 14.4. The highest BCUT2D eigenvalue weighted by molar-refractivity contribution is 6.09. The van der Waals surface area contributed by atoms with Gasteiger partial charge in [-0.05, 0) is 75.7 Å². The van der Waals surface area contributed by atoms with Crippen molar-refractivity contribution in [2.24, 2.45) is 0 Å². The van der Waals surface area contributed by atoms with Gasteiger partial charge in [0.05, 0.1) is 22.4 Å². The number of para-hydroxylation sites is 3. The first-order valence-corrected chi connectivity index (χ1v) is 18.5. The van der Waals surface area contributed by atoms with Crippen LogP contribution in [0.2, 0.25) is 0 Å². The second kappa shape index (κ2) is 13.4. The van der Waals surface area contributed by atoms with E-state index in [9.17, 15) is 0 Å². The Labute approximate surface area is 315 Å². The maximum Gasteiger partial charge on any atom is 0.0541 e. The van der Waals surface area contributed by atoms with Crippen molar-refractivity contribution < 1.29 is 0 Å². The third-order valence-electron chi connectivity index (χ3n) is 10.6. The average molecular weight is 689 g/mol. The first-order valence-electron chi connectivity index (χ1n) is 18.5. The minimum Gasteiger partial charge on any atom is -0.309 e. The largest absolute Gasteiger partial charge is 0.309 e. The van der Waals surface area contributed by atoms with Crippen LogP contribution >= 0.6 is 0 Å². The first kappa shape index (κ1) is 31.6. The molecule has 10 rings (SSSR count). The molecule has 0 unspecified atom stereocenters. The molecule has 0 amide bonds. The van der Waals surface area contributed by atoms with E-state index in [1.165, 1.54) is 60.4 Å². The second-order valence-electron chi connectivity index (χ2n) is 13.7. The summed E-state index contributed by atoms with van der Waals surface area (Å²) in [6.45, 7) is 0. The molecule has 9 aromatic carbocycles. The van der Waals surface area contributed by atoms with E-state index in [4.69, 9.17) is 0 Å². The molecule has 1 heterocycles. The fourth-order valence-electron chi connectivity index (χ4n) is 8.22. The number of anilines is 3. The molecule has 0 bridgehead atoms. The fraction of sp³-hybridized carbons (Fsp3) is 0. The van der Waals surface area contributed by atoms with Crippen LogP contribution in [-0.2, 0) is 0 Å². The Morgan fingerprint density at radius 2 is 0.796 bits per heavy atom. The topological polar surface area (TPSA) is 8.17 Å². The zero-order valence-electron chi connectivity index (χ0n) is 29.7. The SMILES string of the molecule is c1ccc(-c2ccccc2-c2ccccc2-c2ccccc2N(c2cccc(-n3c4ccccc4c4ccccc43)c2)c2cccc3ccccc23)cc1. The Morgan fingerprint density at radius 1 is 0.315 bits per heavy atom. The van der Waals surface area contributed by atoms with Gasteiger partial charge in [-0.1, -0.05) is 176 Å². The molecule has 254 valence electrons. The zero-order chi connectivity index (χ0) is 35.8. The van der Waals surface area contributed by atoms with Gasteiger partial charge in [0, 0.05) is 33.1 Å². The predicted molar refractivity (Wildman–Crippen MR) is 229 cm³/mol. The fourth-order valence-corrected chi connectivity index (χ4v) is 8.22. The molecule has 54 heavy (non-hydrogen) atoms. The summed E-state index contributed by atoms with van der Waals surface area (Å²) in [6.07, 6.45) is 0. The van der Waals surface area contributed by atoms with Crippen molar-refractivity contribution in [3.63, 3.8) is 0 Å². The van der Waals surface area contributed by atoms with Gasteiger partial charge in [-0.3, -0.25) is 0 Å². The highest BCUT2D eigenvalue weighted by atomic mass is 15.1. The molecule has 1 aromatic heterocycles. The van der Waals surface area contributed by atoms with E-state index in [1.54, 1.807) is 0 Å². The van der Waals surface area contributed by atoms with Gasteiger partial charge in [0.1, 0.15) is 0 Å². The Morgan fingerprint density at radius 3 is 1.52 bits per heavy atom. The average Bonchev–Trinajstić information content (AvgIpc) is 3.59. The van der Waals surface area contributed by atoms with Gasteiger partial charge in [-0.15, -0.1) is 0 Å². The summed E-state index contributed by atoms with van der Waals surface area (Å²) in [5, 5.41) is 4.90. The third kappa shape index (κ3) is 5.36. The highest BCUT2D eigenvalue weighted by Crippen LogP contribution is 2.47. The number of hydrogen-bond acceptors (Lipinski definition) is 1. The summed E-state index contributed by atoms with van der Waals surface area (Å²) in [4.78, 5) is 2.45. The zero-order valence-corrected chi connectivity index (χ0v) is 29.7. The molecule has 0 aliphatic rings. The molecule has 2 heteroatoms. The highest BCUT2D eigenvalue weighted by Gasteiger charge is 2.22. The van der Waals surface area contributed by atoms with Crippen molar-refractivity contribution in [3.05, 3.63) is 218 Å². The van der Waals surface area contributed by atoms with Crippen molar-refractivity contribution >= 4 is 49.6 Å². The minimum absolute atomic E-state index is 1.08. The molecule has 0 saturated carbocycles. The molecule has 0 fully saturated rings. The van der Waals surface area contributed by atoms with Crippen LogP contribution in [0.3, 0.4) is 0 Å². The van der Waals surface area contributed by atoms with E-state index >= 15 is 0 Å². The lowest BCUT2D eigenvalue weighted by Crippen LogP contribution is -2.12. The quantitative estimate of drug-likeness (QED) is 0.162. The number of benzene rings is 9. The van der Waals surface area contributed by atoms with Crippen LogP contribution in [-0.4, -0.2) is 4.57 Å². The summed E-state index contributed by atoms with van der Waals surface area (Å²) in [5.41, 5.74) is 14.0. The van der Waals surface area contributed by atoms with Crippen molar-refractivity contribution in [1.82, 2.24) is 4.57 Å². The van der Waals surface area contributed by atoms with Gasteiger partial charge in [0.25, 0.3) is 0 Å². The van der Waals surface area contributed by atoms with Gasteiger partial charge >= 0.3 is 0 Å². The van der Waals surface area contributed by atoms with Crippen LogP contribution in [0.1, 0.15) is 0 Å². The molecule has 0 spiro atoms. The Hall–Kier alpha value is -7.16. The van der Waals surface area contributed by atoms with Crippen molar-refractivity contribution in [3.8, 4) is 39.1 Å². The van der Waals surface area contributed by atoms with Crippen LogP contribution < -0.4 is 4.90 Å². The number of fused-ring (bicyclic) bond motifs is 4. The van der Waals surface area contributed by atoms with Gasteiger partial charge in [0.15, 0.2) is 0 Å². The molecule has 10 aromatic rings. The Kier molecular flexibility index (Phi) is 7.85. The maximum absolute atomic E-state index is 2.45. The molecule has 2 nitrogen and oxygen atoms in total. The Bertz CT molecular complexity index is 2900. The molecule has 0 aliphatic carbocycles. The minimum atomic E-state index is 1.08. The van der Waals surface area contributed by atoms with Crippen LogP contribution in [0.5, 0.6) is 0 Å². The lowest BCUT2D eigenvalue weighted by atomic mass is 9.88. The van der Waals surface area contributed by atoms with Crippen LogP contribution in [0.15, 0.2) is 218 Å². The lowest BCUT2D eigenvalue weighted by Gasteiger charge is -2.30. The number of nitrogens with zero attached hydrogens (tertiary/aromatic N) is 2.